The summed E-state index contributed by atoms with van der Waals surface area (Å²) in [5.41, 5.74) is 0.395. The predicted octanol–water partition coefficient (Wildman–Crippen LogP) is 3.98. The maximum atomic E-state index is 12.4. The van der Waals surface area contributed by atoms with Gasteiger partial charge in [0.25, 0.3) is 0 Å². The molecule has 1 aromatic carbocycles. The monoisotopic (exact) mass is 348 g/mol. The summed E-state index contributed by atoms with van der Waals surface area (Å²) in [7, 11) is 1.61. The van der Waals surface area contributed by atoms with Gasteiger partial charge < -0.3 is 15.0 Å². The summed E-state index contributed by atoms with van der Waals surface area (Å²) in [4.78, 5) is 14.3. The molecular weight excluding hydrogens is 329 g/mol. The van der Waals surface area contributed by atoms with Crippen molar-refractivity contribution in [2.75, 3.05) is 31.3 Å². The van der Waals surface area contributed by atoms with Crippen molar-refractivity contribution in [1.82, 2.24) is 4.90 Å². The molecule has 1 heterocycles. The Balaban J connectivity index is 2.00. The fraction of sp³-hybridized carbons (Fsp3) is 0.533. The molecule has 1 fully saturated rings. The molecule has 0 bridgehead atoms. The fourth-order valence-electron chi connectivity index (χ4n) is 2.36. The van der Waals surface area contributed by atoms with Crippen LogP contribution in [0.4, 0.5) is 23.7 Å². The van der Waals surface area contributed by atoms with E-state index in [2.05, 4.69) is 5.32 Å². The number of ether oxygens (including phenoxy) is 1. The highest BCUT2D eigenvalue weighted by molar-refractivity contribution is 7.99. The number of amides is 2. The first-order valence-electron chi connectivity index (χ1n) is 7.26. The van der Waals surface area contributed by atoms with Crippen LogP contribution in [-0.2, 0) is 4.74 Å². The first kappa shape index (κ1) is 17.9. The van der Waals surface area contributed by atoms with E-state index in [1.807, 2.05) is 0 Å². The molecular formula is C15H19F3N2O2S. The lowest BCUT2D eigenvalue weighted by Crippen LogP contribution is -2.44. The number of halogens is 3. The highest BCUT2D eigenvalue weighted by atomic mass is 32.2. The number of methoxy groups -OCH3 is 1. The number of thioether (sulfide) groups is 1. The van der Waals surface area contributed by atoms with E-state index in [0.29, 0.717) is 35.4 Å². The van der Waals surface area contributed by atoms with E-state index in [9.17, 15) is 18.0 Å². The van der Waals surface area contributed by atoms with Crippen LogP contribution in [0, 0.1) is 0 Å². The molecule has 0 saturated carbocycles. The second kappa shape index (κ2) is 7.92. The summed E-state index contributed by atoms with van der Waals surface area (Å²) in [6.07, 6.45) is -2.50. The van der Waals surface area contributed by atoms with Gasteiger partial charge in [0.15, 0.2) is 0 Å². The average molecular weight is 348 g/mol. The Morgan fingerprint density at radius 2 is 2.17 bits per heavy atom. The number of anilines is 1. The molecule has 128 valence electrons. The van der Waals surface area contributed by atoms with Crippen LogP contribution in [0.25, 0.3) is 0 Å². The number of rotatable bonds is 4. The molecule has 2 rings (SSSR count). The third kappa shape index (κ3) is 5.62. The van der Waals surface area contributed by atoms with E-state index < -0.39 is 11.9 Å². The molecule has 23 heavy (non-hydrogen) atoms. The number of hydrogen-bond donors (Lipinski definition) is 1. The van der Waals surface area contributed by atoms with Gasteiger partial charge in [-0.3, -0.25) is 0 Å². The Hall–Kier alpha value is -1.41. The molecule has 1 unspecified atom stereocenters. The van der Waals surface area contributed by atoms with Gasteiger partial charge in [0.05, 0.1) is 17.5 Å². The Kier molecular flexibility index (Phi) is 6.17. The SMILES string of the molecule is COC1CCCN(C(=O)Nc2ccccc2SCC(F)(F)F)C1. The second-order valence-corrected chi connectivity index (χ2v) is 6.29. The lowest BCUT2D eigenvalue weighted by Gasteiger charge is -2.32. The number of alkyl halides is 3. The zero-order chi connectivity index (χ0) is 16.9. The molecule has 4 nitrogen and oxygen atoms in total. The van der Waals surface area contributed by atoms with E-state index in [4.69, 9.17) is 4.74 Å². The number of nitrogens with one attached hydrogen (secondary N) is 1. The Morgan fingerprint density at radius 1 is 1.43 bits per heavy atom. The first-order chi connectivity index (χ1) is 10.9. The molecule has 2 amide bonds. The van der Waals surface area contributed by atoms with E-state index >= 15 is 0 Å². The number of para-hydroxylation sites is 1. The van der Waals surface area contributed by atoms with Crippen LogP contribution in [0.15, 0.2) is 29.2 Å². The van der Waals surface area contributed by atoms with Crippen molar-refractivity contribution in [2.45, 2.75) is 30.0 Å². The molecule has 1 N–H and O–H groups in total. The van der Waals surface area contributed by atoms with Gasteiger partial charge in [-0.2, -0.15) is 13.2 Å². The van der Waals surface area contributed by atoms with Crippen LogP contribution in [0.2, 0.25) is 0 Å². The molecule has 1 atom stereocenters. The number of piperidine rings is 1. The number of nitrogens with zero attached hydrogens (tertiary/aromatic N) is 1. The summed E-state index contributed by atoms with van der Waals surface area (Å²) >= 11 is 0.665. The predicted molar refractivity (Wildman–Crippen MR) is 83.8 cm³/mol. The standard InChI is InChI=1S/C15H19F3N2O2S/c1-22-11-5-4-8-20(9-11)14(21)19-12-6-2-3-7-13(12)23-10-15(16,17)18/h2-3,6-7,11H,4-5,8-10H2,1H3,(H,19,21). The number of likely N-dealkylation sites (tertiary alicyclic amines) is 1. The van der Waals surface area contributed by atoms with Gasteiger partial charge in [-0.15, -0.1) is 11.8 Å². The van der Waals surface area contributed by atoms with Crippen LogP contribution in [0.3, 0.4) is 0 Å². The van der Waals surface area contributed by atoms with Gasteiger partial charge in [-0.25, -0.2) is 4.79 Å². The van der Waals surface area contributed by atoms with Gasteiger partial charge in [-0.05, 0) is 25.0 Å². The minimum Gasteiger partial charge on any atom is -0.380 e. The summed E-state index contributed by atoms with van der Waals surface area (Å²) in [5, 5.41) is 2.70. The van der Waals surface area contributed by atoms with Crippen LogP contribution < -0.4 is 5.32 Å². The smallest absolute Gasteiger partial charge is 0.380 e. The number of urea groups is 1. The molecule has 1 aliphatic heterocycles. The van der Waals surface area contributed by atoms with Gasteiger partial charge >= 0.3 is 12.2 Å². The number of carbonyl (C=O) groups is 1. The van der Waals surface area contributed by atoms with Crippen molar-refractivity contribution < 1.29 is 22.7 Å². The lowest BCUT2D eigenvalue weighted by atomic mass is 10.1. The van der Waals surface area contributed by atoms with Crippen molar-refractivity contribution >= 4 is 23.5 Å². The van der Waals surface area contributed by atoms with Gasteiger partial charge in [0.1, 0.15) is 0 Å². The third-order valence-corrected chi connectivity index (χ3v) is 4.66. The maximum absolute atomic E-state index is 12.4. The summed E-state index contributed by atoms with van der Waals surface area (Å²) < 4.78 is 42.4. The van der Waals surface area contributed by atoms with Gasteiger partial charge in [0, 0.05) is 25.1 Å². The van der Waals surface area contributed by atoms with Crippen molar-refractivity contribution in [3.63, 3.8) is 0 Å². The normalized spacial score (nSPS) is 18.8. The van der Waals surface area contributed by atoms with E-state index in [1.165, 1.54) is 0 Å². The van der Waals surface area contributed by atoms with Gasteiger partial charge in [0.2, 0.25) is 0 Å². The topological polar surface area (TPSA) is 41.6 Å². The van der Waals surface area contributed by atoms with E-state index in [0.717, 1.165) is 12.8 Å². The van der Waals surface area contributed by atoms with Crippen molar-refractivity contribution in [3.8, 4) is 0 Å². The second-order valence-electron chi connectivity index (χ2n) is 5.28. The van der Waals surface area contributed by atoms with E-state index in [-0.39, 0.29) is 12.1 Å². The summed E-state index contributed by atoms with van der Waals surface area (Å²) in [6, 6.07) is 6.19. The fourth-order valence-corrected chi connectivity index (χ4v) is 3.13. The van der Waals surface area contributed by atoms with Crippen LogP contribution >= 0.6 is 11.8 Å². The zero-order valence-electron chi connectivity index (χ0n) is 12.7. The van der Waals surface area contributed by atoms with Crippen molar-refractivity contribution in [3.05, 3.63) is 24.3 Å². The number of carbonyl (C=O) groups excluding carboxylic acids is 1. The summed E-state index contributed by atoms with van der Waals surface area (Å²) in [6.45, 7) is 1.10. The zero-order valence-corrected chi connectivity index (χ0v) is 13.5. The minimum atomic E-state index is -4.25. The van der Waals surface area contributed by atoms with Crippen LogP contribution in [0.1, 0.15) is 12.8 Å². The molecule has 8 heteroatoms. The third-order valence-electron chi connectivity index (χ3n) is 3.52. The number of benzene rings is 1. The molecule has 0 aromatic heterocycles. The molecule has 1 aromatic rings. The summed E-state index contributed by atoms with van der Waals surface area (Å²) in [5.74, 6) is -0.991. The van der Waals surface area contributed by atoms with Crippen molar-refractivity contribution in [2.24, 2.45) is 0 Å². The maximum Gasteiger partial charge on any atom is 0.398 e. The highest BCUT2D eigenvalue weighted by Gasteiger charge is 2.28. The molecule has 0 radical (unpaired) electrons. The quantitative estimate of drug-likeness (QED) is 0.837. The Bertz CT molecular complexity index is 540. The molecule has 1 saturated heterocycles. The Labute approximate surface area is 137 Å². The minimum absolute atomic E-state index is 0.00403. The number of hydrogen-bond acceptors (Lipinski definition) is 3. The Morgan fingerprint density at radius 3 is 2.87 bits per heavy atom. The van der Waals surface area contributed by atoms with Crippen LogP contribution in [0.5, 0.6) is 0 Å². The highest BCUT2D eigenvalue weighted by Crippen LogP contribution is 2.32. The largest absolute Gasteiger partial charge is 0.398 e. The first-order valence-corrected chi connectivity index (χ1v) is 8.25. The van der Waals surface area contributed by atoms with Crippen molar-refractivity contribution in [1.29, 1.82) is 0 Å². The lowest BCUT2D eigenvalue weighted by molar-refractivity contribution is -0.105. The van der Waals surface area contributed by atoms with Crippen LogP contribution in [-0.4, -0.2) is 49.2 Å². The molecule has 0 spiro atoms. The molecule has 1 aliphatic rings. The van der Waals surface area contributed by atoms with E-state index in [1.54, 1.807) is 36.3 Å². The molecule has 0 aliphatic carbocycles. The van der Waals surface area contributed by atoms with Gasteiger partial charge in [-0.1, -0.05) is 12.1 Å². The average Bonchev–Trinajstić information content (AvgIpc) is 2.53.